The van der Waals surface area contributed by atoms with Gasteiger partial charge in [-0.15, -0.1) is 11.6 Å². The molecule has 0 radical (unpaired) electrons. The minimum atomic E-state index is -0.118. The maximum atomic E-state index is 12.3. The molecule has 1 amide bonds. The Bertz CT molecular complexity index is 626. The zero-order chi connectivity index (χ0) is 15.5. The van der Waals surface area contributed by atoms with Gasteiger partial charge >= 0.3 is 0 Å². The number of amides is 1. The molecule has 0 atom stereocenters. The summed E-state index contributed by atoms with van der Waals surface area (Å²) in [6.07, 6.45) is 0. The number of benzene rings is 2. The fraction of sp³-hybridized carbons (Fsp3) is 0.278. The molecule has 0 bridgehead atoms. The standard InChI is InChI=1S/C18H20ClNO/c1-18(2,3)15-10-8-13(9-11-15)17(21)20-16-7-5-4-6-14(16)12-19/h4-11H,12H2,1-3H3,(H,20,21). The van der Waals surface area contributed by atoms with Crippen molar-refractivity contribution < 1.29 is 4.79 Å². The molecular weight excluding hydrogens is 282 g/mol. The van der Waals surface area contributed by atoms with E-state index in [0.29, 0.717) is 11.4 Å². The van der Waals surface area contributed by atoms with Gasteiger partial charge in [0.15, 0.2) is 0 Å². The summed E-state index contributed by atoms with van der Waals surface area (Å²) in [5.74, 6) is 0.257. The monoisotopic (exact) mass is 301 g/mol. The first kappa shape index (κ1) is 15.6. The van der Waals surface area contributed by atoms with Crippen molar-refractivity contribution in [3.8, 4) is 0 Å². The molecule has 2 aromatic carbocycles. The van der Waals surface area contributed by atoms with Crippen molar-refractivity contribution in [3.05, 3.63) is 65.2 Å². The molecule has 0 spiro atoms. The van der Waals surface area contributed by atoms with Gasteiger partial charge in [-0.25, -0.2) is 0 Å². The van der Waals surface area contributed by atoms with Gasteiger partial charge < -0.3 is 5.32 Å². The van der Waals surface area contributed by atoms with Crippen LogP contribution in [0.4, 0.5) is 5.69 Å². The Hall–Kier alpha value is -1.80. The van der Waals surface area contributed by atoms with E-state index in [1.807, 2.05) is 48.5 Å². The van der Waals surface area contributed by atoms with Gasteiger partial charge in [0.25, 0.3) is 5.91 Å². The van der Waals surface area contributed by atoms with Crippen molar-refractivity contribution in [3.63, 3.8) is 0 Å². The second-order valence-corrected chi connectivity index (χ2v) is 6.34. The third-order valence-corrected chi connectivity index (χ3v) is 3.71. The fourth-order valence-corrected chi connectivity index (χ4v) is 2.31. The van der Waals surface area contributed by atoms with Crippen LogP contribution < -0.4 is 5.32 Å². The summed E-state index contributed by atoms with van der Waals surface area (Å²) in [5, 5.41) is 2.91. The Balaban J connectivity index is 2.17. The smallest absolute Gasteiger partial charge is 0.255 e. The van der Waals surface area contributed by atoms with Gasteiger partial charge in [-0.05, 0) is 34.7 Å². The number of hydrogen-bond acceptors (Lipinski definition) is 1. The first-order chi connectivity index (χ1) is 9.91. The zero-order valence-electron chi connectivity index (χ0n) is 12.6. The van der Waals surface area contributed by atoms with Crippen LogP contribution in [0.2, 0.25) is 0 Å². The highest BCUT2D eigenvalue weighted by Crippen LogP contribution is 2.23. The summed E-state index contributed by atoms with van der Waals surface area (Å²) in [4.78, 5) is 12.3. The van der Waals surface area contributed by atoms with Gasteiger partial charge in [-0.3, -0.25) is 4.79 Å². The number of hydrogen-bond donors (Lipinski definition) is 1. The maximum Gasteiger partial charge on any atom is 0.255 e. The van der Waals surface area contributed by atoms with E-state index in [-0.39, 0.29) is 11.3 Å². The van der Waals surface area contributed by atoms with Crippen molar-refractivity contribution in [1.82, 2.24) is 0 Å². The maximum absolute atomic E-state index is 12.3. The quantitative estimate of drug-likeness (QED) is 0.796. The second-order valence-electron chi connectivity index (χ2n) is 6.07. The number of carbonyl (C=O) groups is 1. The normalized spacial score (nSPS) is 11.2. The van der Waals surface area contributed by atoms with Crippen LogP contribution in [0.5, 0.6) is 0 Å². The molecule has 0 saturated heterocycles. The van der Waals surface area contributed by atoms with Crippen LogP contribution >= 0.6 is 11.6 Å². The lowest BCUT2D eigenvalue weighted by Crippen LogP contribution is -2.15. The molecule has 0 heterocycles. The second kappa shape index (κ2) is 6.31. The Morgan fingerprint density at radius 3 is 2.24 bits per heavy atom. The Kier molecular flexibility index (Phi) is 4.69. The van der Waals surface area contributed by atoms with Crippen LogP contribution in [0.3, 0.4) is 0 Å². The van der Waals surface area contributed by atoms with Crippen LogP contribution in [0.1, 0.15) is 42.3 Å². The number of para-hydroxylation sites is 1. The predicted molar refractivity (Wildman–Crippen MR) is 89.1 cm³/mol. The SMILES string of the molecule is CC(C)(C)c1ccc(C(=O)Nc2ccccc2CCl)cc1. The van der Waals surface area contributed by atoms with E-state index in [9.17, 15) is 4.79 Å². The molecule has 0 aliphatic rings. The molecule has 0 saturated carbocycles. The van der Waals surface area contributed by atoms with Crippen molar-refractivity contribution >= 4 is 23.2 Å². The number of halogens is 1. The van der Waals surface area contributed by atoms with E-state index in [0.717, 1.165) is 11.3 Å². The van der Waals surface area contributed by atoms with Crippen molar-refractivity contribution in [2.24, 2.45) is 0 Å². The lowest BCUT2D eigenvalue weighted by molar-refractivity contribution is 0.102. The minimum Gasteiger partial charge on any atom is -0.322 e. The third kappa shape index (κ3) is 3.85. The Labute approximate surface area is 131 Å². The summed E-state index contributed by atoms with van der Waals surface area (Å²) >= 11 is 5.88. The molecule has 0 unspecified atom stereocenters. The molecule has 0 fully saturated rings. The molecule has 2 nitrogen and oxygen atoms in total. The average Bonchev–Trinajstić information content (AvgIpc) is 2.47. The average molecular weight is 302 g/mol. The molecule has 21 heavy (non-hydrogen) atoms. The lowest BCUT2D eigenvalue weighted by atomic mass is 9.87. The molecule has 2 rings (SSSR count). The summed E-state index contributed by atoms with van der Waals surface area (Å²) in [7, 11) is 0. The first-order valence-electron chi connectivity index (χ1n) is 6.97. The largest absolute Gasteiger partial charge is 0.322 e. The van der Waals surface area contributed by atoms with E-state index in [1.165, 1.54) is 5.56 Å². The summed E-state index contributed by atoms with van der Waals surface area (Å²) < 4.78 is 0. The van der Waals surface area contributed by atoms with Crippen molar-refractivity contribution in [2.45, 2.75) is 32.1 Å². The van der Waals surface area contributed by atoms with Gasteiger partial charge in [0, 0.05) is 17.1 Å². The minimum absolute atomic E-state index is 0.0836. The number of anilines is 1. The van der Waals surface area contributed by atoms with E-state index in [4.69, 9.17) is 11.6 Å². The number of rotatable bonds is 3. The highest BCUT2D eigenvalue weighted by Gasteiger charge is 2.14. The lowest BCUT2D eigenvalue weighted by Gasteiger charge is -2.19. The number of nitrogens with one attached hydrogen (secondary N) is 1. The molecular formula is C18H20ClNO. The van der Waals surface area contributed by atoms with Crippen LogP contribution in [-0.4, -0.2) is 5.91 Å². The van der Waals surface area contributed by atoms with E-state index < -0.39 is 0 Å². The van der Waals surface area contributed by atoms with Crippen LogP contribution in [0.25, 0.3) is 0 Å². The van der Waals surface area contributed by atoms with E-state index in [2.05, 4.69) is 26.1 Å². The van der Waals surface area contributed by atoms with E-state index in [1.54, 1.807) is 0 Å². The van der Waals surface area contributed by atoms with Gasteiger partial charge in [0.1, 0.15) is 0 Å². The molecule has 3 heteroatoms. The predicted octanol–water partition coefficient (Wildman–Crippen LogP) is 4.98. The molecule has 0 aliphatic heterocycles. The Morgan fingerprint density at radius 2 is 1.67 bits per heavy atom. The van der Waals surface area contributed by atoms with Crippen molar-refractivity contribution in [1.29, 1.82) is 0 Å². The van der Waals surface area contributed by atoms with E-state index >= 15 is 0 Å². The third-order valence-electron chi connectivity index (χ3n) is 3.42. The van der Waals surface area contributed by atoms with Crippen molar-refractivity contribution in [2.75, 3.05) is 5.32 Å². The first-order valence-corrected chi connectivity index (χ1v) is 7.51. The van der Waals surface area contributed by atoms with Crippen LogP contribution in [0, 0.1) is 0 Å². The van der Waals surface area contributed by atoms with Gasteiger partial charge in [-0.2, -0.15) is 0 Å². The summed E-state index contributed by atoms with van der Waals surface area (Å²) in [5.41, 5.74) is 3.61. The molecule has 0 aliphatic carbocycles. The topological polar surface area (TPSA) is 29.1 Å². The summed E-state index contributed by atoms with van der Waals surface area (Å²) in [6, 6.07) is 15.3. The highest BCUT2D eigenvalue weighted by molar-refractivity contribution is 6.17. The van der Waals surface area contributed by atoms with Crippen LogP contribution in [-0.2, 0) is 11.3 Å². The molecule has 110 valence electrons. The van der Waals surface area contributed by atoms with Gasteiger partial charge in [0.2, 0.25) is 0 Å². The van der Waals surface area contributed by atoms with Gasteiger partial charge in [-0.1, -0.05) is 51.1 Å². The summed E-state index contributed by atoms with van der Waals surface area (Å²) in [6.45, 7) is 6.45. The number of carbonyl (C=O) groups excluding carboxylic acids is 1. The molecule has 1 N–H and O–H groups in total. The fourth-order valence-electron chi connectivity index (χ4n) is 2.07. The van der Waals surface area contributed by atoms with Gasteiger partial charge in [0.05, 0.1) is 0 Å². The Morgan fingerprint density at radius 1 is 1.05 bits per heavy atom. The number of alkyl halides is 1. The molecule has 0 aromatic heterocycles. The highest BCUT2D eigenvalue weighted by atomic mass is 35.5. The van der Waals surface area contributed by atoms with Crippen LogP contribution in [0.15, 0.2) is 48.5 Å². The zero-order valence-corrected chi connectivity index (χ0v) is 13.4. The molecule has 2 aromatic rings.